The Balaban J connectivity index is 2.02. The molecule has 3 rings (SSSR count). The lowest BCUT2D eigenvalue weighted by molar-refractivity contribution is 0.590. The van der Waals surface area contributed by atoms with Crippen molar-refractivity contribution in [3.05, 3.63) is 64.1 Å². The zero-order valence-electron chi connectivity index (χ0n) is 16.1. The zero-order valence-corrected chi connectivity index (χ0v) is 19.3. The molecule has 1 atom stereocenters. The molecular weight excluding hydrogens is 460 g/mol. The summed E-state index contributed by atoms with van der Waals surface area (Å²) in [5.74, 6) is -0.0693. The van der Waals surface area contributed by atoms with E-state index < -0.39 is 25.8 Å². The minimum absolute atomic E-state index is 0.0693. The van der Waals surface area contributed by atoms with E-state index in [1.54, 1.807) is 6.07 Å². The van der Waals surface area contributed by atoms with Crippen LogP contribution in [-0.2, 0) is 26.8 Å². The molecule has 0 bridgehead atoms. The topological polar surface area (TPSA) is 66.8 Å². The highest BCUT2D eigenvalue weighted by atomic mass is 79.9. The number of fused-ring (bicyclic) bond motifs is 1. The van der Waals surface area contributed by atoms with Crippen molar-refractivity contribution in [2.24, 2.45) is 4.40 Å². The first-order valence-corrected chi connectivity index (χ1v) is 12.4. The summed E-state index contributed by atoms with van der Waals surface area (Å²) in [6.45, 7) is 5.89. The van der Waals surface area contributed by atoms with E-state index in [0.717, 1.165) is 10.0 Å². The van der Waals surface area contributed by atoms with Crippen LogP contribution in [0.25, 0.3) is 0 Å². The molecular formula is C20H23BrN2O3S2. The van der Waals surface area contributed by atoms with Crippen molar-refractivity contribution in [1.29, 1.82) is 0 Å². The average molecular weight is 483 g/mol. The number of hydrogen-bond donors (Lipinski definition) is 0. The van der Waals surface area contributed by atoms with Crippen molar-refractivity contribution in [1.82, 2.24) is 0 Å². The Morgan fingerprint density at radius 2 is 1.82 bits per heavy atom. The van der Waals surface area contributed by atoms with Crippen LogP contribution in [0.4, 0.5) is 5.69 Å². The summed E-state index contributed by atoms with van der Waals surface area (Å²) in [6.07, 6.45) is 0.421. The van der Waals surface area contributed by atoms with E-state index in [1.165, 1.54) is 4.31 Å². The minimum Gasteiger partial charge on any atom is -0.269 e. The van der Waals surface area contributed by atoms with Gasteiger partial charge in [-0.15, -0.1) is 0 Å². The Hall–Kier alpha value is -1.51. The number of halogens is 1. The SMILES string of the molecule is CC(C)(C)S(=O)N=C1CCN(S(=O)(=O)Cc2ccccc2)c2cc(Br)ccc21. The minimum atomic E-state index is -3.57. The highest BCUT2D eigenvalue weighted by Gasteiger charge is 2.31. The Kier molecular flexibility index (Phi) is 6.12. The fourth-order valence-electron chi connectivity index (χ4n) is 2.90. The average Bonchev–Trinajstić information content (AvgIpc) is 2.61. The normalized spacial score (nSPS) is 17.4. The van der Waals surface area contributed by atoms with Crippen LogP contribution in [0.3, 0.4) is 0 Å². The van der Waals surface area contributed by atoms with Gasteiger partial charge in [-0.25, -0.2) is 12.6 Å². The molecule has 0 aliphatic carbocycles. The predicted molar refractivity (Wildman–Crippen MR) is 120 cm³/mol. The molecule has 2 aromatic carbocycles. The van der Waals surface area contributed by atoms with Crippen LogP contribution >= 0.6 is 15.9 Å². The lowest BCUT2D eigenvalue weighted by Crippen LogP contribution is -2.38. The molecule has 0 saturated carbocycles. The van der Waals surface area contributed by atoms with Crippen LogP contribution in [0.5, 0.6) is 0 Å². The van der Waals surface area contributed by atoms with Crippen LogP contribution in [0.1, 0.15) is 38.3 Å². The number of hydrogen-bond acceptors (Lipinski definition) is 3. The van der Waals surface area contributed by atoms with Crippen molar-refractivity contribution in [2.45, 2.75) is 37.7 Å². The van der Waals surface area contributed by atoms with Gasteiger partial charge in [-0.2, -0.15) is 4.40 Å². The Morgan fingerprint density at radius 1 is 1.14 bits per heavy atom. The number of anilines is 1. The van der Waals surface area contributed by atoms with Gasteiger partial charge in [0.15, 0.2) is 0 Å². The largest absolute Gasteiger partial charge is 0.269 e. The van der Waals surface area contributed by atoms with Gasteiger partial charge < -0.3 is 0 Å². The number of nitrogens with zero attached hydrogens (tertiary/aromatic N) is 2. The van der Waals surface area contributed by atoms with Gasteiger partial charge in [0.1, 0.15) is 11.0 Å². The van der Waals surface area contributed by atoms with Crippen molar-refractivity contribution in [2.75, 3.05) is 10.8 Å². The summed E-state index contributed by atoms with van der Waals surface area (Å²) >= 11 is 3.43. The quantitative estimate of drug-likeness (QED) is 0.646. The Morgan fingerprint density at radius 3 is 2.46 bits per heavy atom. The molecule has 0 amide bonds. The van der Waals surface area contributed by atoms with E-state index in [-0.39, 0.29) is 12.3 Å². The zero-order chi connectivity index (χ0) is 20.5. The maximum Gasteiger partial charge on any atom is 0.239 e. The molecule has 0 radical (unpaired) electrons. The van der Waals surface area contributed by atoms with E-state index in [4.69, 9.17) is 0 Å². The van der Waals surface area contributed by atoms with Crippen molar-refractivity contribution in [3.63, 3.8) is 0 Å². The molecule has 0 saturated heterocycles. The molecule has 1 aliphatic rings. The number of sulfonamides is 1. The maximum atomic E-state index is 13.1. The highest BCUT2D eigenvalue weighted by molar-refractivity contribution is 9.10. The molecule has 1 unspecified atom stereocenters. The van der Waals surface area contributed by atoms with E-state index in [9.17, 15) is 12.6 Å². The molecule has 0 fully saturated rings. The van der Waals surface area contributed by atoms with Gasteiger partial charge >= 0.3 is 0 Å². The molecule has 150 valence electrons. The van der Waals surface area contributed by atoms with Crippen LogP contribution < -0.4 is 4.31 Å². The van der Waals surface area contributed by atoms with Crippen molar-refractivity contribution >= 4 is 48.3 Å². The van der Waals surface area contributed by atoms with Crippen LogP contribution in [0.2, 0.25) is 0 Å². The van der Waals surface area contributed by atoms with Gasteiger partial charge in [0.2, 0.25) is 10.0 Å². The summed E-state index contributed by atoms with van der Waals surface area (Å²) in [5.41, 5.74) is 2.71. The van der Waals surface area contributed by atoms with E-state index in [2.05, 4.69) is 20.3 Å². The van der Waals surface area contributed by atoms with Gasteiger partial charge in [-0.1, -0.05) is 46.3 Å². The monoisotopic (exact) mass is 482 g/mol. The van der Waals surface area contributed by atoms with Gasteiger partial charge in [0.05, 0.1) is 21.9 Å². The summed E-state index contributed by atoms with van der Waals surface area (Å²) in [6, 6.07) is 14.6. The summed E-state index contributed by atoms with van der Waals surface area (Å²) in [5, 5.41) is 0. The molecule has 28 heavy (non-hydrogen) atoms. The molecule has 1 aliphatic heterocycles. The smallest absolute Gasteiger partial charge is 0.239 e. The van der Waals surface area contributed by atoms with Gasteiger partial charge in [-0.05, 0) is 44.5 Å². The van der Waals surface area contributed by atoms with E-state index >= 15 is 0 Å². The first-order valence-electron chi connectivity index (χ1n) is 8.92. The van der Waals surface area contributed by atoms with Crippen LogP contribution in [-0.4, -0.2) is 29.6 Å². The number of benzene rings is 2. The summed E-state index contributed by atoms with van der Waals surface area (Å²) in [7, 11) is -4.97. The van der Waals surface area contributed by atoms with Crippen molar-refractivity contribution in [3.8, 4) is 0 Å². The molecule has 5 nitrogen and oxygen atoms in total. The highest BCUT2D eigenvalue weighted by Crippen LogP contribution is 2.34. The predicted octanol–water partition coefficient (Wildman–Crippen LogP) is 4.44. The summed E-state index contributed by atoms with van der Waals surface area (Å²) in [4.78, 5) is 0. The van der Waals surface area contributed by atoms with E-state index in [1.807, 2.05) is 63.2 Å². The first-order chi connectivity index (χ1) is 13.1. The lowest BCUT2D eigenvalue weighted by atomic mass is 10.0. The van der Waals surface area contributed by atoms with Gasteiger partial charge in [0.25, 0.3) is 0 Å². The second kappa shape index (κ2) is 8.08. The summed E-state index contributed by atoms with van der Waals surface area (Å²) < 4.78 is 45.0. The molecule has 2 aromatic rings. The standard InChI is InChI=1S/C20H23BrN2O3S2/c1-20(2,3)27(24)22-18-11-12-23(19-13-16(21)9-10-17(18)19)28(25,26)14-15-7-5-4-6-8-15/h4-10,13H,11-12,14H2,1-3H3. The molecule has 0 aromatic heterocycles. The fraction of sp³-hybridized carbons (Fsp3) is 0.350. The Labute approximate surface area is 177 Å². The Bertz CT molecular complexity index is 1030. The lowest BCUT2D eigenvalue weighted by Gasteiger charge is -2.31. The third kappa shape index (κ3) is 4.72. The van der Waals surface area contributed by atoms with Crippen LogP contribution in [0, 0.1) is 0 Å². The van der Waals surface area contributed by atoms with E-state index in [0.29, 0.717) is 23.4 Å². The molecule has 0 spiro atoms. The molecule has 0 N–H and O–H groups in total. The second-order valence-electron chi connectivity index (χ2n) is 7.62. The number of rotatable bonds is 4. The van der Waals surface area contributed by atoms with Gasteiger partial charge in [0, 0.05) is 23.0 Å². The first kappa shape index (κ1) is 21.2. The molecule has 8 heteroatoms. The second-order valence-corrected chi connectivity index (χ2v) is 12.3. The fourth-order valence-corrected chi connectivity index (χ4v) is 5.50. The third-order valence-corrected chi connectivity index (χ3v) is 8.01. The maximum absolute atomic E-state index is 13.1. The third-order valence-electron chi connectivity index (χ3n) is 4.34. The van der Waals surface area contributed by atoms with Crippen LogP contribution in [0.15, 0.2) is 57.4 Å². The van der Waals surface area contributed by atoms with Gasteiger partial charge in [-0.3, -0.25) is 4.31 Å². The van der Waals surface area contributed by atoms with Crippen molar-refractivity contribution < 1.29 is 12.6 Å². The molecule has 1 heterocycles.